The van der Waals surface area contributed by atoms with Crippen LogP contribution in [0, 0.1) is 0 Å². The van der Waals surface area contributed by atoms with Gasteiger partial charge in [-0.15, -0.1) is 0 Å². The van der Waals surface area contributed by atoms with Crippen molar-refractivity contribution in [2.45, 2.75) is 6.92 Å². The molecule has 0 amide bonds. The Morgan fingerprint density at radius 2 is 1.75 bits per heavy atom. The molecule has 0 N–H and O–H groups in total. The first-order valence-electron chi connectivity index (χ1n) is 5.22. The van der Waals surface area contributed by atoms with E-state index in [1.165, 1.54) is 12.6 Å². The molecule has 0 saturated heterocycles. The van der Waals surface area contributed by atoms with Gasteiger partial charge in [0.2, 0.25) is 0 Å². The van der Waals surface area contributed by atoms with Gasteiger partial charge in [-0.2, -0.15) is 0 Å². The quantitative estimate of drug-likeness (QED) is 0.568. The third kappa shape index (κ3) is 4.13. The van der Waals surface area contributed by atoms with Gasteiger partial charge in [0.1, 0.15) is 0 Å². The SMILES string of the molecule is CC(=O)/C=C/C=C/c1ccc(N(C)C)cc1. The molecule has 0 fully saturated rings. The number of hydrogen-bond donors (Lipinski definition) is 0. The predicted molar refractivity (Wildman–Crippen MR) is 69.6 cm³/mol. The maximum atomic E-state index is 10.6. The van der Waals surface area contributed by atoms with Crippen LogP contribution in [0.4, 0.5) is 5.69 Å². The van der Waals surface area contributed by atoms with Crippen molar-refractivity contribution in [1.82, 2.24) is 0 Å². The van der Waals surface area contributed by atoms with Crippen molar-refractivity contribution in [1.29, 1.82) is 0 Å². The van der Waals surface area contributed by atoms with E-state index in [9.17, 15) is 4.79 Å². The summed E-state index contributed by atoms with van der Waals surface area (Å²) in [7, 11) is 4.03. The molecule has 0 atom stereocenters. The molecule has 0 aliphatic heterocycles. The van der Waals surface area contributed by atoms with Gasteiger partial charge < -0.3 is 4.90 Å². The van der Waals surface area contributed by atoms with Crippen molar-refractivity contribution < 1.29 is 4.79 Å². The van der Waals surface area contributed by atoms with Gasteiger partial charge in [-0.25, -0.2) is 0 Å². The molecule has 2 heteroatoms. The summed E-state index contributed by atoms with van der Waals surface area (Å²) in [6.45, 7) is 1.54. The predicted octanol–water partition coefficient (Wildman–Crippen LogP) is 2.91. The summed E-state index contributed by atoms with van der Waals surface area (Å²) >= 11 is 0. The van der Waals surface area contributed by atoms with Gasteiger partial charge in [0.25, 0.3) is 0 Å². The highest BCUT2D eigenvalue weighted by molar-refractivity contribution is 5.87. The number of nitrogens with zero attached hydrogens (tertiary/aromatic N) is 1. The van der Waals surface area contributed by atoms with Gasteiger partial charge >= 0.3 is 0 Å². The molecule has 0 bridgehead atoms. The first-order chi connectivity index (χ1) is 7.59. The highest BCUT2D eigenvalue weighted by Gasteiger charge is 1.92. The summed E-state index contributed by atoms with van der Waals surface area (Å²) in [5.74, 6) is 0.0626. The standard InChI is InChI=1S/C14H17NO/c1-12(16)6-4-5-7-13-8-10-14(11-9-13)15(2)3/h4-11H,1-3H3/b6-4+,7-5+. The summed E-state index contributed by atoms with van der Waals surface area (Å²) in [6.07, 6.45) is 7.14. The summed E-state index contributed by atoms with van der Waals surface area (Å²) in [6, 6.07) is 8.23. The van der Waals surface area contributed by atoms with Crippen LogP contribution >= 0.6 is 0 Å². The maximum absolute atomic E-state index is 10.6. The van der Waals surface area contributed by atoms with E-state index in [2.05, 4.69) is 17.0 Å². The summed E-state index contributed by atoms with van der Waals surface area (Å²) in [4.78, 5) is 12.7. The van der Waals surface area contributed by atoms with Crippen molar-refractivity contribution in [3.8, 4) is 0 Å². The summed E-state index contributed by atoms with van der Waals surface area (Å²) in [5, 5.41) is 0. The first-order valence-corrected chi connectivity index (χ1v) is 5.22. The number of ketones is 1. The molecule has 2 nitrogen and oxygen atoms in total. The van der Waals surface area contributed by atoms with Crippen LogP contribution in [0.3, 0.4) is 0 Å². The number of hydrogen-bond acceptors (Lipinski definition) is 2. The molecule has 0 unspecified atom stereocenters. The van der Waals surface area contributed by atoms with E-state index >= 15 is 0 Å². The number of allylic oxidation sites excluding steroid dienone is 3. The van der Waals surface area contributed by atoms with Crippen molar-refractivity contribution in [2.24, 2.45) is 0 Å². The topological polar surface area (TPSA) is 20.3 Å². The average Bonchev–Trinajstić information content (AvgIpc) is 2.25. The van der Waals surface area contributed by atoms with E-state index < -0.39 is 0 Å². The maximum Gasteiger partial charge on any atom is 0.152 e. The first kappa shape index (κ1) is 12.2. The Morgan fingerprint density at radius 1 is 1.12 bits per heavy atom. The van der Waals surface area contributed by atoms with E-state index in [1.54, 1.807) is 12.2 Å². The molecule has 0 radical (unpaired) electrons. The lowest BCUT2D eigenvalue weighted by molar-refractivity contribution is -0.112. The van der Waals surface area contributed by atoms with Crippen LogP contribution in [-0.4, -0.2) is 19.9 Å². The fourth-order valence-corrected chi connectivity index (χ4v) is 1.24. The number of carbonyl (C=O) groups is 1. The third-order valence-electron chi connectivity index (χ3n) is 2.14. The Bertz CT molecular complexity index is 399. The molecular formula is C14H17NO. The molecule has 1 aromatic carbocycles. The Labute approximate surface area is 96.9 Å². The fourth-order valence-electron chi connectivity index (χ4n) is 1.24. The van der Waals surface area contributed by atoms with Gasteiger partial charge in [0, 0.05) is 19.8 Å². The normalized spacial score (nSPS) is 11.2. The lowest BCUT2D eigenvalue weighted by Crippen LogP contribution is -2.07. The Kier molecular flexibility index (Phi) is 4.52. The van der Waals surface area contributed by atoms with Gasteiger partial charge in [0.15, 0.2) is 5.78 Å². The molecule has 1 rings (SSSR count). The number of anilines is 1. The Hall–Kier alpha value is -1.83. The lowest BCUT2D eigenvalue weighted by Gasteiger charge is -2.11. The molecule has 1 aromatic rings. The Morgan fingerprint density at radius 3 is 2.25 bits per heavy atom. The van der Waals surface area contributed by atoms with Gasteiger partial charge in [-0.1, -0.05) is 30.4 Å². The van der Waals surface area contributed by atoms with Gasteiger partial charge in [0.05, 0.1) is 0 Å². The van der Waals surface area contributed by atoms with Crippen LogP contribution in [-0.2, 0) is 4.79 Å². The summed E-state index contributed by atoms with van der Waals surface area (Å²) < 4.78 is 0. The van der Waals surface area contributed by atoms with Crippen LogP contribution in [0.15, 0.2) is 42.5 Å². The largest absolute Gasteiger partial charge is 0.378 e. The molecule has 0 heterocycles. The van der Waals surface area contributed by atoms with Crippen molar-refractivity contribution in [3.63, 3.8) is 0 Å². The van der Waals surface area contributed by atoms with Crippen LogP contribution in [0.1, 0.15) is 12.5 Å². The van der Waals surface area contributed by atoms with E-state index in [4.69, 9.17) is 0 Å². The van der Waals surface area contributed by atoms with E-state index in [0.29, 0.717) is 0 Å². The highest BCUT2D eigenvalue weighted by atomic mass is 16.1. The number of carbonyl (C=O) groups excluding carboxylic acids is 1. The lowest BCUT2D eigenvalue weighted by atomic mass is 10.2. The molecular weight excluding hydrogens is 198 g/mol. The second-order valence-electron chi connectivity index (χ2n) is 3.81. The number of benzene rings is 1. The van der Waals surface area contributed by atoms with Crippen LogP contribution < -0.4 is 4.90 Å². The molecule has 0 aliphatic rings. The van der Waals surface area contributed by atoms with Gasteiger partial charge in [-0.05, 0) is 30.7 Å². The minimum absolute atomic E-state index is 0.0626. The minimum Gasteiger partial charge on any atom is -0.378 e. The average molecular weight is 215 g/mol. The molecule has 0 aliphatic carbocycles. The van der Waals surface area contributed by atoms with Crippen LogP contribution in [0.5, 0.6) is 0 Å². The fraction of sp³-hybridized carbons (Fsp3) is 0.214. The zero-order chi connectivity index (χ0) is 12.0. The minimum atomic E-state index is 0.0626. The van der Waals surface area contributed by atoms with Gasteiger partial charge in [-0.3, -0.25) is 4.79 Å². The van der Waals surface area contributed by atoms with E-state index in [-0.39, 0.29) is 5.78 Å². The highest BCUT2D eigenvalue weighted by Crippen LogP contribution is 2.12. The van der Waals surface area contributed by atoms with Crippen LogP contribution in [0.2, 0.25) is 0 Å². The summed E-state index contributed by atoms with van der Waals surface area (Å²) in [5.41, 5.74) is 2.30. The van der Waals surface area contributed by atoms with Crippen molar-refractivity contribution >= 4 is 17.5 Å². The zero-order valence-corrected chi connectivity index (χ0v) is 9.97. The molecule has 0 aromatic heterocycles. The van der Waals surface area contributed by atoms with E-state index in [1.807, 2.05) is 38.4 Å². The second kappa shape index (κ2) is 5.91. The van der Waals surface area contributed by atoms with Crippen molar-refractivity contribution in [2.75, 3.05) is 19.0 Å². The van der Waals surface area contributed by atoms with E-state index in [0.717, 1.165) is 5.56 Å². The molecule has 0 saturated carbocycles. The smallest absolute Gasteiger partial charge is 0.152 e. The molecule has 16 heavy (non-hydrogen) atoms. The molecule has 84 valence electrons. The third-order valence-corrected chi connectivity index (χ3v) is 2.14. The number of rotatable bonds is 4. The monoisotopic (exact) mass is 215 g/mol. The van der Waals surface area contributed by atoms with Crippen LogP contribution in [0.25, 0.3) is 6.08 Å². The Balaban J connectivity index is 2.65. The molecule has 0 spiro atoms. The second-order valence-corrected chi connectivity index (χ2v) is 3.81. The zero-order valence-electron chi connectivity index (χ0n) is 9.97. The van der Waals surface area contributed by atoms with Crippen molar-refractivity contribution in [3.05, 3.63) is 48.1 Å².